The SMILES string of the molecule is NC1(Cc2c(Cl)cccc2Cl)CC2CC1C1CCCC21. The fourth-order valence-electron chi connectivity index (χ4n) is 5.55. The maximum Gasteiger partial charge on any atom is 0.0453 e. The Bertz CT molecular complexity index is 524. The zero-order valence-electron chi connectivity index (χ0n) is 11.6. The van der Waals surface area contributed by atoms with Gasteiger partial charge in [0.05, 0.1) is 0 Å². The average Bonchev–Trinajstić information content (AvgIpc) is 3.05. The summed E-state index contributed by atoms with van der Waals surface area (Å²) in [4.78, 5) is 0. The van der Waals surface area contributed by atoms with Gasteiger partial charge in [-0.15, -0.1) is 0 Å². The van der Waals surface area contributed by atoms with E-state index >= 15 is 0 Å². The van der Waals surface area contributed by atoms with Crippen LogP contribution < -0.4 is 5.73 Å². The predicted octanol–water partition coefficient (Wildman–Crippen LogP) is 4.69. The van der Waals surface area contributed by atoms with Gasteiger partial charge >= 0.3 is 0 Å². The molecule has 0 radical (unpaired) electrons. The molecule has 0 aromatic heterocycles. The zero-order chi connectivity index (χ0) is 13.9. The quantitative estimate of drug-likeness (QED) is 0.842. The molecule has 1 nitrogen and oxygen atoms in total. The van der Waals surface area contributed by atoms with Gasteiger partial charge in [0.2, 0.25) is 0 Å². The predicted molar refractivity (Wildman–Crippen MR) is 84.1 cm³/mol. The highest BCUT2D eigenvalue weighted by Crippen LogP contribution is 2.62. The maximum atomic E-state index is 6.85. The van der Waals surface area contributed by atoms with E-state index in [1.54, 1.807) is 0 Å². The van der Waals surface area contributed by atoms with E-state index in [-0.39, 0.29) is 5.54 Å². The van der Waals surface area contributed by atoms with Crippen LogP contribution in [0.3, 0.4) is 0 Å². The number of hydrogen-bond donors (Lipinski definition) is 1. The van der Waals surface area contributed by atoms with Crippen LogP contribution in [0.2, 0.25) is 10.0 Å². The van der Waals surface area contributed by atoms with E-state index in [0.717, 1.165) is 39.8 Å². The maximum absolute atomic E-state index is 6.85. The molecule has 0 saturated heterocycles. The van der Waals surface area contributed by atoms with Crippen LogP contribution in [-0.4, -0.2) is 5.54 Å². The normalized spacial score (nSPS) is 42.1. The molecule has 3 heteroatoms. The van der Waals surface area contributed by atoms with Crippen LogP contribution in [0.25, 0.3) is 0 Å². The Labute approximate surface area is 130 Å². The lowest BCUT2D eigenvalue weighted by Crippen LogP contribution is -2.51. The van der Waals surface area contributed by atoms with Crippen LogP contribution in [0.5, 0.6) is 0 Å². The third-order valence-corrected chi connectivity index (χ3v) is 6.96. The van der Waals surface area contributed by atoms with Crippen molar-refractivity contribution in [2.24, 2.45) is 29.4 Å². The Morgan fingerprint density at radius 2 is 1.85 bits per heavy atom. The molecule has 108 valence electrons. The topological polar surface area (TPSA) is 26.0 Å². The molecule has 3 fully saturated rings. The monoisotopic (exact) mass is 309 g/mol. The highest BCUT2D eigenvalue weighted by molar-refractivity contribution is 6.36. The Morgan fingerprint density at radius 1 is 1.15 bits per heavy atom. The first kappa shape index (κ1) is 13.4. The second-order valence-electron chi connectivity index (χ2n) is 7.18. The minimum Gasteiger partial charge on any atom is -0.325 e. The number of nitrogens with two attached hydrogens (primary N) is 1. The molecule has 0 aliphatic heterocycles. The summed E-state index contributed by atoms with van der Waals surface area (Å²) in [7, 11) is 0. The van der Waals surface area contributed by atoms with E-state index < -0.39 is 0 Å². The lowest BCUT2D eigenvalue weighted by Gasteiger charge is -2.40. The number of hydrogen-bond acceptors (Lipinski definition) is 1. The van der Waals surface area contributed by atoms with Crippen molar-refractivity contribution in [3.8, 4) is 0 Å². The fraction of sp³-hybridized carbons (Fsp3) is 0.647. The Hall–Kier alpha value is -0.240. The van der Waals surface area contributed by atoms with Crippen molar-refractivity contribution in [3.63, 3.8) is 0 Å². The van der Waals surface area contributed by atoms with Crippen LogP contribution in [-0.2, 0) is 6.42 Å². The van der Waals surface area contributed by atoms with Gasteiger partial charge in [-0.3, -0.25) is 0 Å². The molecule has 5 atom stereocenters. The average molecular weight is 310 g/mol. The summed E-state index contributed by atoms with van der Waals surface area (Å²) in [5.41, 5.74) is 7.83. The van der Waals surface area contributed by atoms with Gasteiger partial charge in [-0.25, -0.2) is 0 Å². The molecule has 3 aliphatic carbocycles. The summed E-state index contributed by atoms with van der Waals surface area (Å²) in [5, 5.41) is 1.54. The Morgan fingerprint density at radius 3 is 2.60 bits per heavy atom. The van der Waals surface area contributed by atoms with Crippen LogP contribution >= 0.6 is 23.2 Å². The first-order valence-electron chi connectivity index (χ1n) is 7.80. The number of fused-ring (bicyclic) bond motifs is 5. The lowest BCUT2D eigenvalue weighted by atomic mass is 9.69. The Balaban J connectivity index is 1.63. The minimum absolute atomic E-state index is 0.0786. The van der Waals surface area contributed by atoms with Crippen molar-refractivity contribution in [2.45, 2.75) is 44.1 Å². The van der Waals surface area contributed by atoms with Crippen LogP contribution in [0.15, 0.2) is 18.2 Å². The molecule has 1 aromatic carbocycles. The molecular weight excluding hydrogens is 289 g/mol. The second kappa shape index (κ2) is 4.63. The lowest BCUT2D eigenvalue weighted by molar-refractivity contribution is 0.156. The van der Waals surface area contributed by atoms with Gasteiger partial charge in [0.25, 0.3) is 0 Å². The van der Waals surface area contributed by atoms with Crippen LogP contribution in [0.1, 0.15) is 37.7 Å². The van der Waals surface area contributed by atoms with Gasteiger partial charge in [-0.1, -0.05) is 35.7 Å². The molecule has 2 N–H and O–H groups in total. The third kappa shape index (κ3) is 1.86. The van der Waals surface area contributed by atoms with E-state index in [4.69, 9.17) is 28.9 Å². The summed E-state index contributed by atoms with van der Waals surface area (Å²) in [6, 6.07) is 5.76. The molecule has 5 unspecified atom stereocenters. The van der Waals surface area contributed by atoms with Gasteiger partial charge in [0.1, 0.15) is 0 Å². The Kier molecular flexibility index (Phi) is 3.11. The molecule has 2 bridgehead atoms. The van der Waals surface area contributed by atoms with Gasteiger partial charge in [-0.2, -0.15) is 0 Å². The summed E-state index contributed by atoms with van der Waals surface area (Å²) in [6.07, 6.45) is 7.59. The smallest absolute Gasteiger partial charge is 0.0453 e. The molecular formula is C17H21Cl2N. The van der Waals surface area contributed by atoms with E-state index in [0.29, 0.717) is 5.92 Å². The summed E-state index contributed by atoms with van der Waals surface area (Å²) >= 11 is 12.7. The van der Waals surface area contributed by atoms with Crippen molar-refractivity contribution >= 4 is 23.2 Å². The molecule has 3 saturated carbocycles. The molecule has 0 heterocycles. The highest BCUT2D eigenvalue weighted by atomic mass is 35.5. The van der Waals surface area contributed by atoms with Gasteiger partial charge in [-0.05, 0) is 73.5 Å². The van der Waals surface area contributed by atoms with Crippen LogP contribution in [0, 0.1) is 23.7 Å². The zero-order valence-corrected chi connectivity index (χ0v) is 13.1. The molecule has 0 amide bonds. The number of benzene rings is 1. The summed E-state index contributed by atoms with van der Waals surface area (Å²) in [5.74, 6) is 3.39. The minimum atomic E-state index is -0.0786. The molecule has 20 heavy (non-hydrogen) atoms. The largest absolute Gasteiger partial charge is 0.325 e. The van der Waals surface area contributed by atoms with E-state index in [9.17, 15) is 0 Å². The third-order valence-electron chi connectivity index (χ3n) is 6.25. The first-order chi connectivity index (χ1) is 9.58. The van der Waals surface area contributed by atoms with Gasteiger partial charge in [0, 0.05) is 15.6 Å². The van der Waals surface area contributed by atoms with E-state index in [1.165, 1.54) is 32.1 Å². The van der Waals surface area contributed by atoms with Crippen molar-refractivity contribution in [1.82, 2.24) is 0 Å². The first-order valence-corrected chi connectivity index (χ1v) is 8.56. The highest BCUT2D eigenvalue weighted by Gasteiger charge is 2.59. The van der Waals surface area contributed by atoms with Crippen LogP contribution in [0.4, 0.5) is 0 Å². The van der Waals surface area contributed by atoms with Crippen molar-refractivity contribution in [1.29, 1.82) is 0 Å². The van der Waals surface area contributed by atoms with Crippen molar-refractivity contribution in [2.75, 3.05) is 0 Å². The van der Waals surface area contributed by atoms with E-state index in [1.807, 2.05) is 18.2 Å². The molecule has 3 aliphatic rings. The summed E-state index contributed by atoms with van der Waals surface area (Å²) < 4.78 is 0. The van der Waals surface area contributed by atoms with Crippen molar-refractivity contribution < 1.29 is 0 Å². The van der Waals surface area contributed by atoms with Gasteiger partial charge < -0.3 is 5.73 Å². The standard InChI is InChI=1S/C17H21Cl2N/c18-15-5-2-6-16(19)13(15)9-17(20)8-10-7-14(17)12-4-1-3-11(10)12/h2,5-6,10-12,14H,1,3-4,7-9,20H2. The molecule has 4 rings (SSSR count). The molecule has 1 aromatic rings. The van der Waals surface area contributed by atoms with Gasteiger partial charge in [0.15, 0.2) is 0 Å². The fourth-order valence-corrected chi connectivity index (χ4v) is 6.08. The number of halogens is 2. The second-order valence-corrected chi connectivity index (χ2v) is 7.99. The van der Waals surface area contributed by atoms with Crippen molar-refractivity contribution in [3.05, 3.63) is 33.8 Å². The number of rotatable bonds is 2. The molecule has 0 spiro atoms. The summed E-state index contributed by atoms with van der Waals surface area (Å²) in [6.45, 7) is 0. The van der Waals surface area contributed by atoms with E-state index in [2.05, 4.69) is 0 Å².